The average Bonchev–Trinajstić information content (AvgIpc) is 3.37. The lowest BCUT2D eigenvalue weighted by molar-refractivity contribution is -0.137. The van der Waals surface area contributed by atoms with Crippen LogP contribution in [0, 0.1) is 6.92 Å². The van der Waals surface area contributed by atoms with Crippen LogP contribution in [0.1, 0.15) is 17.1 Å². The Labute approximate surface area is 181 Å². The summed E-state index contributed by atoms with van der Waals surface area (Å²) in [5.74, 6) is 1.36. The lowest BCUT2D eigenvalue weighted by Gasteiger charge is -2.33. The maximum atomic E-state index is 12.8. The van der Waals surface area contributed by atoms with Crippen LogP contribution in [0.4, 0.5) is 19.0 Å². The SMILES string of the molecule is Cc1cc(NC(=O)CN2CCN(Cc3nnnn3-c3ccc(C(F)(F)F)cc3)CC2)no1. The second kappa shape index (κ2) is 9.04. The molecule has 0 unspecified atom stereocenters. The van der Waals surface area contributed by atoms with Crippen molar-refractivity contribution in [2.45, 2.75) is 19.6 Å². The van der Waals surface area contributed by atoms with Crippen LogP contribution in [-0.2, 0) is 17.5 Å². The van der Waals surface area contributed by atoms with Crippen molar-refractivity contribution in [1.29, 1.82) is 0 Å². The molecule has 3 heterocycles. The second-order valence-electron chi connectivity index (χ2n) is 7.47. The van der Waals surface area contributed by atoms with Crippen molar-refractivity contribution >= 4 is 11.7 Å². The number of aryl methyl sites for hydroxylation is 1. The van der Waals surface area contributed by atoms with Gasteiger partial charge in [-0.2, -0.15) is 17.9 Å². The Morgan fingerprint density at radius 1 is 1.12 bits per heavy atom. The molecule has 0 aliphatic carbocycles. The Hall–Kier alpha value is -3.32. The number of nitrogens with one attached hydrogen (secondary N) is 1. The van der Waals surface area contributed by atoms with Crippen LogP contribution in [0.15, 0.2) is 34.9 Å². The molecule has 4 rings (SSSR count). The molecule has 1 fully saturated rings. The van der Waals surface area contributed by atoms with Crippen LogP contribution in [0.5, 0.6) is 0 Å². The van der Waals surface area contributed by atoms with E-state index in [-0.39, 0.29) is 12.5 Å². The summed E-state index contributed by atoms with van der Waals surface area (Å²) in [6, 6.07) is 6.35. The van der Waals surface area contributed by atoms with E-state index in [9.17, 15) is 18.0 Å². The number of amides is 1. The van der Waals surface area contributed by atoms with Gasteiger partial charge in [0.05, 0.1) is 24.3 Å². The topological polar surface area (TPSA) is 105 Å². The Morgan fingerprint density at radius 3 is 2.44 bits per heavy atom. The predicted molar refractivity (Wildman–Crippen MR) is 106 cm³/mol. The number of hydrogen-bond acceptors (Lipinski definition) is 8. The fourth-order valence-electron chi connectivity index (χ4n) is 3.41. The molecule has 0 atom stereocenters. The number of halogens is 3. The van der Waals surface area contributed by atoms with Crippen molar-refractivity contribution in [3.05, 3.63) is 47.5 Å². The fraction of sp³-hybridized carbons (Fsp3) is 0.421. The number of hydrogen-bond donors (Lipinski definition) is 1. The van der Waals surface area contributed by atoms with Gasteiger partial charge in [0.2, 0.25) is 5.91 Å². The van der Waals surface area contributed by atoms with Gasteiger partial charge in [-0.05, 0) is 41.6 Å². The quantitative estimate of drug-likeness (QED) is 0.606. The van der Waals surface area contributed by atoms with Gasteiger partial charge in [-0.15, -0.1) is 5.10 Å². The van der Waals surface area contributed by atoms with E-state index in [1.54, 1.807) is 13.0 Å². The Bertz CT molecular complexity index is 1060. The summed E-state index contributed by atoms with van der Waals surface area (Å²) in [6.07, 6.45) is -4.40. The molecule has 1 saturated heterocycles. The first-order chi connectivity index (χ1) is 15.3. The number of aromatic nitrogens is 5. The number of carbonyl (C=O) groups excluding carboxylic acids is 1. The van der Waals surface area contributed by atoms with Gasteiger partial charge in [0.15, 0.2) is 11.6 Å². The fourth-order valence-corrected chi connectivity index (χ4v) is 3.41. The molecular weight excluding hydrogens is 429 g/mol. The smallest absolute Gasteiger partial charge is 0.360 e. The molecule has 0 saturated carbocycles. The Kier molecular flexibility index (Phi) is 6.19. The first kappa shape index (κ1) is 21.9. The van der Waals surface area contributed by atoms with E-state index in [2.05, 4.69) is 30.9 Å². The van der Waals surface area contributed by atoms with Crippen molar-refractivity contribution in [3.63, 3.8) is 0 Å². The molecule has 1 aromatic carbocycles. The Morgan fingerprint density at radius 2 is 1.81 bits per heavy atom. The van der Waals surface area contributed by atoms with Crippen LogP contribution < -0.4 is 5.32 Å². The minimum Gasteiger partial charge on any atom is -0.360 e. The van der Waals surface area contributed by atoms with Crippen molar-refractivity contribution < 1.29 is 22.5 Å². The molecular formula is C19H21F3N8O2. The normalized spacial score (nSPS) is 15.8. The molecule has 0 radical (unpaired) electrons. The summed E-state index contributed by atoms with van der Waals surface area (Å²) in [5.41, 5.74) is -0.272. The molecule has 1 N–H and O–H groups in total. The highest BCUT2D eigenvalue weighted by atomic mass is 19.4. The van der Waals surface area contributed by atoms with Gasteiger partial charge in [-0.1, -0.05) is 5.16 Å². The maximum absolute atomic E-state index is 12.8. The zero-order valence-corrected chi connectivity index (χ0v) is 17.2. The minimum absolute atomic E-state index is 0.169. The van der Waals surface area contributed by atoms with E-state index in [1.165, 1.54) is 16.8 Å². The number of benzene rings is 1. The van der Waals surface area contributed by atoms with Gasteiger partial charge in [0, 0.05) is 32.2 Å². The number of alkyl halides is 3. The van der Waals surface area contributed by atoms with E-state index >= 15 is 0 Å². The van der Waals surface area contributed by atoms with E-state index in [4.69, 9.17) is 4.52 Å². The summed E-state index contributed by atoms with van der Waals surface area (Å²) in [4.78, 5) is 16.3. The van der Waals surface area contributed by atoms with Crippen molar-refractivity contribution in [2.24, 2.45) is 0 Å². The third-order valence-corrected chi connectivity index (χ3v) is 5.07. The molecule has 0 bridgehead atoms. The Balaban J connectivity index is 1.29. The molecule has 0 spiro atoms. The van der Waals surface area contributed by atoms with Gasteiger partial charge in [-0.25, -0.2) is 0 Å². The molecule has 1 amide bonds. The number of carbonyl (C=O) groups is 1. The number of tetrazole rings is 1. The number of rotatable bonds is 6. The molecule has 2 aromatic heterocycles. The van der Waals surface area contributed by atoms with Gasteiger partial charge in [0.25, 0.3) is 0 Å². The second-order valence-corrected chi connectivity index (χ2v) is 7.47. The standard InChI is InChI=1S/C19H21F3N8O2/c1-13-10-16(25-32-13)23-18(31)12-29-8-6-28(7-9-29)11-17-24-26-27-30(17)15-4-2-14(3-5-15)19(20,21)22/h2-5,10H,6-9,11-12H2,1H3,(H,23,25,31). The largest absolute Gasteiger partial charge is 0.416 e. The lowest BCUT2D eigenvalue weighted by atomic mass is 10.2. The summed E-state index contributed by atoms with van der Waals surface area (Å²) >= 11 is 0. The highest BCUT2D eigenvalue weighted by Crippen LogP contribution is 2.29. The molecule has 170 valence electrons. The third kappa shape index (κ3) is 5.29. The van der Waals surface area contributed by atoms with E-state index < -0.39 is 11.7 Å². The zero-order chi connectivity index (χ0) is 22.7. The molecule has 32 heavy (non-hydrogen) atoms. The molecule has 1 aliphatic rings. The molecule has 13 heteroatoms. The minimum atomic E-state index is -4.40. The highest BCUT2D eigenvalue weighted by Gasteiger charge is 2.30. The van der Waals surface area contributed by atoms with Crippen LogP contribution in [0.2, 0.25) is 0 Å². The van der Waals surface area contributed by atoms with Crippen molar-refractivity contribution in [2.75, 3.05) is 38.0 Å². The summed E-state index contributed by atoms with van der Waals surface area (Å²) in [7, 11) is 0. The van der Waals surface area contributed by atoms with Crippen LogP contribution in [0.25, 0.3) is 5.69 Å². The molecule has 10 nitrogen and oxygen atoms in total. The summed E-state index contributed by atoms with van der Waals surface area (Å²) in [6.45, 7) is 5.15. The first-order valence-electron chi connectivity index (χ1n) is 9.91. The van der Waals surface area contributed by atoms with Gasteiger partial charge >= 0.3 is 6.18 Å². The van der Waals surface area contributed by atoms with Crippen molar-refractivity contribution in [1.82, 2.24) is 35.2 Å². The van der Waals surface area contributed by atoms with Crippen LogP contribution in [-0.4, -0.2) is 73.8 Å². The monoisotopic (exact) mass is 450 g/mol. The number of nitrogens with zero attached hydrogens (tertiary/aromatic N) is 7. The average molecular weight is 450 g/mol. The lowest BCUT2D eigenvalue weighted by Crippen LogP contribution is -2.48. The first-order valence-corrected chi connectivity index (χ1v) is 9.91. The maximum Gasteiger partial charge on any atom is 0.416 e. The van der Waals surface area contributed by atoms with Crippen molar-refractivity contribution in [3.8, 4) is 5.69 Å². The highest BCUT2D eigenvalue weighted by molar-refractivity contribution is 5.91. The zero-order valence-electron chi connectivity index (χ0n) is 17.2. The third-order valence-electron chi connectivity index (χ3n) is 5.07. The van der Waals surface area contributed by atoms with Crippen LogP contribution >= 0.6 is 0 Å². The number of anilines is 1. The summed E-state index contributed by atoms with van der Waals surface area (Å²) in [5, 5.41) is 18.0. The van der Waals surface area contributed by atoms with Gasteiger partial charge in [-0.3, -0.25) is 14.6 Å². The van der Waals surface area contributed by atoms with E-state index in [1.807, 2.05) is 4.90 Å². The van der Waals surface area contributed by atoms with E-state index in [0.717, 1.165) is 12.1 Å². The van der Waals surface area contributed by atoms with E-state index in [0.29, 0.717) is 55.8 Å². The molecule has 1 aliphatic heterocycles. The van der Waals surface area contributed by atoms with Crippen LogP contribution in [0.3, 0.4) is 0 Å². The predicted octanol–water partition coefficient (Wildman–Crippen LogP) is 1.73. The van der Waals surface area contributed by atoms with Gasteiger partial charge in [0.1, 0.15) is 5.76 Å². The van der Waals surface area contributed by atoms with Gasteiger partial charge < -0.3 is 9.84 Å². The summed E-state index contributed by atoms with van der Waals surface area (Å²) < 4.78 is 44.7. The molecule has 3 aromatic rings. The number of piperazine rings is 1.